The van der Waals surface area contributed by atoms with Gasteiger partial charge in [-0.3, -0.25) is 4.68 Å². The van der Waals surface area contributed by atoms with E-state index in [-0.39, 0.29) is 10.4 Å². The Kier molecular flexibility index (Phi) is 4.16. The molecular weight excluding hydrogens is 286 g/mol. The first-order valence-corrected chi connectivity index (χ1v) is 6.83. The molecule has 0 saturated heterocycles. The number of aryl methyl sites for hydroxylation is 1. The number of nitrogens with zero attached hydrogens (tertiary/aromatic N) is 2. The summed E-state index contributed by atoms with van der Waals surface area (Å²) in [6, 6.07) is 4.70. The van der Waals surface area contributed by atoms with E-state index in [0.717, 1.165) is 22.5 Å². The molecule has 0 aliphatic heterocycles. The predicted octanol–water partition coefficient (Wildman–Crippen LogP) is 4.64. The van der Waals surface area contributed by atoms with Crippen molar-refractivity contribution in [3.8, 4) is 0 Å². The second-order valence-corrected chi connectivity index (χ2v) is 5.67. The summed E-state index contributed by atoms with van der Waals surface area (Å²) in [5, 5.41) is 4.53. The molecule has 102 valence electrons. The predicted molar refractivity (Wildman–Crippen MR) is 76.5 cm³/mol. The van der Waals surface area contributed by atoms with Gasteiger partial charge < -0.3 is 0 Å². The molecular formula is C14H15Cl2FN2. The van der Waals surface area contributed by atoms with E-state index in [9.17, 15) is 4.39 Å². The Morgan fingerprint density at radius 1 is 1.37 bits per heavy atom. The third-order valence-electron chi connectivity index (χ3n) is 3.15. The fourth-order valence-electron chi connectivity index (χ4n) is 2.25. The van der Waals surface area contributed by atoms with Crippen LogP contribution in [0.5, 0.6) is 0 Å². The smallest absolute Gasteiger partial charge is 0.141 e. The number of alkyl halides is 1. The SMILES string of the molecule is Cc1nn(Cc2ccc(F)c(Cl)c2)c(C)c1C(C)Cl. The number of hydrogen-bond donors (Lipinski definition) is 0. The van der Waals surface area contributed by atoms with E-state index < -0.39 is 5.82 Å². The van der Waals surface area contributed by atoms with E-state index in [0.29, 0.717) is 6.54 Å². The Morgan fingerprint density at radius 3 is 2.58 bits per heavy atom. The van der Waals surface area contributed by atoms with Gasteiger partial charge in [0.1, 0.15) is 5.82 Å². The molecule has 2 nitrogen and oxygen atoms in total. The van der Waals surface area contributed by atoms with Gasteiger partial charge in [-0.25, -0.2) is 4.39 Å². The summed E-state index contributed by atoms with van der Waals surface area (Å²) in [7, 11) is 0. The Labute approximate surface area is 122 Å². The zero-order chi connectivity index (χ0) is 14.2. The Bertz CT molecular complexity index is 606. The lowest BCUT2D eigenvalue weighted by Crippen LogP contribution is -2.04. The quantitative estimate of drug-likeness (QED) is 0.755. The van der Waals surface area contributed by atoms with E-state index in [2.05, 4.69) is 5.10 Å². The third-order valence-corrected chi connectivity index (χ3v) is 3.66. The molecule has 2 aromatic rings. The van der Waals surface area contributed by atoms with Gasteiger partial charge in [0.15, 0.2) is 0 Å². The van der Waals surface area contributed by atoms with Gasteiger partial charge in [-0.2, -0.15) is 5.10 Å². The number of aromatic nitrogens is 2. The molecule has 1 aromatic carbocycles. The van der Waals surface area contributed by atoms with Crippen molar-refractivity contribution < 1.29 is 4.39 Å². The molecule has 0 aliphatic rings. The molecule has 1 heterocycles. The fourth-order valence-corrected chi connectivity index (χ4v) is 2.77. The molecule has 2 rings (SSSR count). The molecule has 1 aromatic heterocycles. The van der Waals surface area contributed by atoms with Crippen LogP contribution in [-0.4, -0.2) is 9.78 Å². The summed E-state index contributed by atoms with van der Waals surface area (Å²) in [6.07, 6.45) is 0. The van der Waals surface area contributed by atoms with Gasteiger partial charge in [-0.15, -0.1) is 11.6 Å². The van der Waals surface area contributed by atoms with Crippen LogP contribution >= 0.6 is 23.2 Å². The normalized spacial score (nSPS) is 12.7. The minimum atomic E-state index is -0.408. The molecule has 0 radical (unpaired) electrons. The zero-order valence-electron chi connectivity index (χ0n) is 11.0. The largest absolute Gasteiger partial charge is 0.265 e. The highest BCUT2D eigenvalue weighted by molar-refractivity contribution is 6.30. The number of rotatable bonds is 3. The number of benzene rings is 1. The maximum atomic E-state index is 13.1. The van der Waals surface area contributed by atoms with Gasteiger partial charge in [-0.1, -0.05) is 17.7 Å². The van der Waals surface area contributed by atoms with Gasteiger partial charge in [0.25, 0.3) is 0 Å². The van der Waals surface area contributed by atoms with Crippen LogP contribution in [0, 0.1) is 19.7 Å². The molecule has 0 spiro atoms. The molecule has 19 heavy (non-hydrogen) atoms. The van der Waals surface area contributed by atoms with Crippen molar-refractivity contribution in [3.05, 3.63) is 51.6 Å². The lowest BCUT2D eigenvalue weighted by molar-refractivity contribution is 0.623. The van der Waals surface area contributed by atoms with Gasteiger partial charge in [-0.05, 0) is 38.5 Å². The van der Waals surface area contributed by atoms with E-state index in [1.807, 2.05) is 25.5 Å². The second kappa shape index (κ2) is 5.51. The van der Waals surface area contributed by atoms with Crippen LogP contribution in [0.4, 0.5) is 4.39 Å². The Morgan fingerprint density at radius 2 is 2.05 bits per heavy atom. The van der Waals surface area contributed by atoms with Gasteiger partial charge in [0.05, 0.1) is 22.6 Å². The Hall–Kier alpha value is -1.06. The fraction of sp³-hybridized carbons (Fsp3) is 0.357. The molecule has 0 saturated carbocycles. The first-order valence-electron chi connectivity index (χ1n) is 6.02. The highest BCUT2D eigenvalue weighted by Crippen LogP contribution is 2.27. The van der Waals surface area contributed by atoms with Crippen LogP contribution in [0.15, 0.2) is 18.2 Å². The van der Waals surface area contributed by atoms with Crippen LogP contribution in [-0.2, 0) is 6.54 Å². The van der Waals surface area contributed by atoms with E-state index in [4.69, 9.17) is 23.2 Å². The number of halogens is 3. The van der Waals surface area contributed by atoms with Crippen molar-refractivity contribution in [2.24, 2.45) is 0 Å². The molecule has 5 heteroatoms. The summed E-state index contributed by atoms with van der Waals surface area (Å²) in [4.78, 5) is 0. The number of hydrogen-bond acceptors (Lipinski definition) is 1. The van der Waals surface area contributed by atoms with Gasteiger partial charge in [0, 0.05) is 11.3 Å². The van der Waals surface area contributed by atoms with Crippen molar-refractivity contribution in [2.75, 3.05) is 0 Å². The van der Waals surface area contributed by atoms with Crippen LogP contribution in [0.2, 0.25) is 5.02 Å². The minimum absolute atomic E-state index is 0.0782. The zero-order valence-corrected chi connectivity index (χ0v) is 12.6. The summed E-state index contributed by atoms with van der Waals surface area (Å²) < 4.78 is 15.0. The lowest BCUT2D eigenvalue weighted by Gasteiger charge is -2.07. The van der Waals surface area contributed by atoms with Crippen LogP contribution in [0.25, 0.3) is 0 Å². The van der Waals surface area contributed by atoms with Gasteiger partial charge in [0.2, 0.25) is 0 Å². The third kappa shape index (κ3) is 2.93. The molecule has 1 unspecified atom stereocenters. The molecule has 1 atom stereocenters. The summed E-state index contributed by atoms with van der Waals surface area (Å²) in [5.74, 6) is -0.408. The van der Waals surface area contributed by atoms with Crippen LogP contribution in [0.1, 0.15) is 34.8 Å². The lowest BCUT2D eigenvalue weighted by atomic mass is 10.1. The highest BCUT2D eigenvalue weighted by Gasteiger charge is 2.15. The first-order chi connectivity index (χ1) is 8.90. The molecule has 0 N–H and O–H groups in total. The van der Waals surface area contributed by atoms with Crippen molar-refractivity contribution in [1.29, 1.82) is 0 Å². The molecule has 0 fully saturated rings. The summed E-state index contributed by atoms with van der Waals surface area (Å²) in [6.45, 7) is 6.41. The van der Waals surface area contributed by atoms with Crippen LogP contribution < -0.4 is 0 Å². The van der Waals surface area contributed by atoms with E-state index in [1.165, 1.54) is 6.07 Å². The van der Waals surface area contributed by atoms with Crippen molar-refractivity contribution in [1.82, 2.24) is 9.78 Å². The van der Waals surface area contributed by atoms with E-state index >= 15 is 0 Å². The molecule has 0 bridgehead atoms. The summed E-state index contributed by atoms with van der Waals surface area (Å²) >= 11 is 11.9. The van der Waals surface area contributed by atoms with Crippen molar-refractivity contribution >= 4 is 23.2 Å². The van der Waals surface area contributed by atoms with Gasteiger partial charge >= 0.3 is 0 Å². The van der Waals surface area contributed by atoms with Crippen LogP contribution in [0.3, 0.4) is 0 Å². The first kappa shape index (κ1) is 14.4. The average molecular weight is 301 g/mol. The standard InChI is InChI=1S/C14H15Cl2FN2/c1-8(15)14-9(2)18-19(10(14)3)7-11-4-5-13(17)12(16)6-11/h4-6,8H,7H2,1-3H3. The second-order valence-electron chi connectivity index (χ2n) is 4.61. The Balaban J connectivity index is 2.33. The van der Waals surface area contributed by atoms with E-state index in [1.54, 1.807) is 12.1 Å². The topological polar surface area (TPSA) is 17.8 Å². The summed E-state index contributed by atoms with van der Waals surface area (Å²) in [5.41, 5.74) is 3.91. The monoisotopic (exact) mass is 300 g/mol. The highest BCUT2D eigenvalue weighted by atomic mass is 35.5. The average Bonchev–Trinajstić information content (AvgIpc) is 2.59. The maximum Gasteiger partial charge on any atom is 0.141 e. The molecule has 0 aliphatic carbocycles. The van der Waals surface area contributed by atoms with Crippen molar-refractivity contribution in [3.63, 3.8) is 0 Å². The maximum absolute atomic E-state index is 13.1. The minimum Gasteiger partial charge on any atom is -0.265 e. The van der Waals surface area contributed by atoms with Crippen molar-refractivity contribution in [2.45, 2.75) is 32.7 Å². The molecule has 0 amide bonds.